The molecular weight excluding hydrogens is 383 g/mol. The molecule has 144 valence electrons. The van der Waals surface area contributed by atoms with Gasteiger partial charge in [-0.05, 0) is 43.0 Å². The Morgan fingerprint density at radius 1 is 1.15 bits per heavy atom. The molecule has 1 saturated heterocycles. The van der Waals surface area contributed by atoms with E-state index in [1.165, 1.54) is 5.56 Å². The molecule has 4 nitrogen and oxygen atoms in total. The molecule has 1 fully saturated rings. The second-order valence-corrected chi connectivity index (χ2v) is 7.82. The van der Waals surface area contributed by atoms with Gasteiger partial charge in [0, 0.05) is 35.2 Å². The molecule has 2 aromatic carbocycles. The minimum atomic E-state index is -0.225. The Morgan fingerprint density at radius 2 is 1.85 bits per heavy atom. The Balaban J connectivity index is 1.64. The van der Waals surface area contributed by atoms with Gasteiger partial charge in [0.25, 0.3) is 0 Å². The molecule has 0 aliphatic carbocycles. The third-order valence-electron chi connectivity index (χ3n) is 5.20. The molecule has 2 N–H and O–H groups in total. The van der Waals surface area contributed by atoms with Crippen LogP contribution in [0.1, 0.15) is 36.9 Å². The summed E-state index contributed by atoms with van der Waals surface area (Å²) in [6, 6.07) is 15.2. The zero-order valence-electron chi connectivity index (χ0n) is 15.3. The number of urea groups is 1. The number of hydrogen-bond acceptors (Lipinski definition) is 2. The van der Waals surface area contributed by atoms with E-state index in [0.29, 0.717) is 29.8 Å². The van der Waals surface area contributed by atoms with Gasteiger partial charge in [0.2, 0.25) is 0 Å². The molecule has 27 heavy (non-hydrogen) atoms. The highest BCUT2D eigenvalue weighted by atomic mass is 35.5. The summed E-state index contributed by atoms with van der Waals surface area (Å²) in [6.07, 6.45) is 1.77. The predicted octanol–water partition coefficient (Wildman–Crippen LogP) is 5.10. The van der Waals surface area contributed by atoms with Crippen LogP contribution in [0.5, 0.6) is 0 Å². The first-order valence-corrected chi connectivity index (χ1v) is 9.88. The van der Waals surface area contributed by atoms with E-state index in [4.69, 9.17) is 27.9 Å². The van der Waals surface area contributed by atoms with Crippen LogP contribution in [0.25, 0.3) is 0 Å². The molecule has 1 heterocycles. The summed E-state index contributed by atoms with van der Waals surface area (Å²) in [5.41, 5.74) is 1.97. The lowest BCUT2D eigenvalue weighted by atomic mass is 9.74. The van der Waals surface area contributed by atoms with E-state index in [1.54, 1.807) is 12.1 Å². The predicted molar refractivity (Wildman–Crippen MR) is 110 cm³/mol. The summed E-state index contributed by atoms with van der Waals surface area (Å²) in [7, 11) is 0. The lowest BCUT2D eigenvalue weighted by molar-refractivity contribution is 0.0506. The van der Waals surface area contributed by atoms with Crippen molar-refractivity contribution >= 4 is 29.2 Å². The number of nitrogens with one attached hydrogen (secondary N) is 2. The summed E-state index contributed by atoms with van der Waals surface area (Å²) in [5, 5.41) is 7.12. The molecule has 0 spiro atoms. The highest BCUT2D eigenvalue weighted by molar-refractivity contribution is 6.35. The van der Waals surface area contributed by atoms with Crippen molar-refractivity contribution in [2.24, 2.45) is 0 Å². The minimum Gasteiger partial charge on any atom is -0.381 e. The second kappa shape index (κ2) is 8.96. The lowest BCUT2D eigenvalue weighted by Crippen LogP contribution is -2.47. The molecular formula is C21H24Cl2N2O2. The zero-order valence-corrected chi connectivity index (χ0v) is 16.8. The van der Waals surface area contributed by atoms with Crippen molar-refractivity contribution in [2.75, 3.05) is 19.8 Å². The molecule has 2 aromatic rings. The van der Waals surface area contributed by atoms with Gasteiger partial charge in [-0.25, -0.2) is 4.79 Å². The SMILES string of the molecule is CC(NC(=O)NCC1(c2ccccc2)CCOCC1)c1ccc(Cl)cc1Cl. The zero-order chi connectivity index (χ0) is 19.3. The van der Waals surface area contributed by atoms with Gasteiger partial charge >= 0.3 is 6.03 Å². The molecule has 2 amide bonds. The molecule has 0 bridgehead atoms. The highest BCUT2D eigenvalue weighted by Gasteiger charge is 2.34. The smallest absolute Gasteiger partial charge is 0.315 e. The van der Waals surface area contributed by atoms with E-state index in [-0.39, 0.29) is 17.5 Å². The van der Waals surface area contributed by atoms with E-state index < -0.39 is 0 Å². The third kappa shape index (κ3) is 4.95. The van der Waals surface area contributed by atoms with Crippen LogP contribution in [-0.2, 0) is 10.2 Å². The topological polar surface area (TPSA) is 50.4 Å². The van der Waals surface area contributed by atoms with Crippen LogP contribution in [0.3, 0.4) is 0 Å². The van der Waals surface area contributed by atoms with Gasteiger partial charge in [-0.3, -0.25) is 0 Å². The largest absolute Gasteiger partial charge is 0.381 e. The van der Waals surface area contributed by atoms with E-state index >= 15 is 0 Å². The van der Waals surface area contributed by atoms with E-state index in [9.17, 15) is 4.79 Å². The molecule has 1 aliphatic rings. The fraction of sp³-hybridized carbons (Fsp3) is 0.381. The van der Waals surface area contributed by atoms with Crippen molar-refractivity contribution in [3.63, 3.8) is 0 Å². The summed E-state index contributed by atoms with van der Waals surface area (Å²) in [4.78, 5) is 12.5. The third-order valence-corrected chi connectivity index (χ3v) is 5.76. The molecule has 1 unspecified atom stereocenters. The van der Waals surface area contributed by atoms with Crippen LogP contribution in [0.15, 0.2) is 48.5 Å². The average molecular weight is 407 g/mol. The number of amides is 2. The normalized spacial score (nSPS) is 17.1. The van der Waals surface area contributed by atoms with E-state index in [0.717, 1.165) is 18.4 Å². The van der Waals surface area contributed by atoms with Crippen LogP contribution in [-0.4, -0.2) is 25.8 Å². The lowest BCUT2D eigenvalue weighted by Gasteiger charge is -2.38. The maximum absolute atomic E-state index is 12.5. The average Bonchev–Trinajstić information content (AvgIpc) is 2.68. The Labute approximate surface area is 170 Å². The van der Waals surface area contributed by atoms with Crippen molar-refractivity contribution in [3.8, 4) is 0 Å². The minimum absolute atomic E-state index is 0.0992. The quantitative estimate of drug-likeness (QED) is 0.725. The number of ether oxygens (including phenoxy) is 1. The summed E-state index contributed by atoms with van der Waals surface area (Å²) >= 11 is 12.2. The van der Waals surface area contributed by atoms with Gasteiger partial charge in [-0.15, -0.1) is 0 Å². The summed E-state index contributed by atoms with van der Waals surface area (Å²) < 4.78 is 5.54. The second-order valence-electron chi connectivity index (χ2n) is 6.97. The van der Waals surface area contributed by atoms with Gasteiger partial charge in [-0.2, -0.15) is 0 Å². The van der Waals surface area contributed by atoms with Gasteiger partial charge in [-0.1, -0.05) is 59.6 Å². The van der Waals surface area contributed by atoms with Crippen LogP contribution >= 0.6 is 23.2 Å². The first kappa shape index (κ1) is 20.0. The number of carbonyl (C=O) groups excluding carboxylic acids is 1. The van der Waals surface area contributed by atoms with Crippen molar-refractivity contribution in [2.45, 2.75) is 31.2 Å². The van der Waals surface area contributed by atoms with Crippen molar-refractivity contribution in [1.29, 1.82) is 0 Å². The van der Waals surface area contributed by atoms with E-state index in [1.807, 2.05) is 31.2 Å². The Morgan fingerprint density at radius 3 is 2.52 bits per heavy atom. The standard InChI is InChI=1S/C21H24Cl2N2O2/c1-15(18-8-7-17(22)13-19(18)23)25-20(26)24-14-21(9-11-27-12-10-21)16-5-3-2-4-6-16/h2-8,13,15H,9-12,14H2,1H3,(H2,24,25,26). The number of rotatable bonds is 5. The fourth-order valence-electron chi connectivity index (χ4n) is 3.55. The van der Waals surface area contributed by atoms with Gasteiger partial charge in [0.15, 0.2) is 0 Å². The molecule has 3 rings (SSSR count). The van der Waals surface area contributed by atoms with Gasteiger partial charge in [0.1, 0.15) is 0 Å². The van der Waals surface area contributed by atoms with Crippen molar-refractivity contribution in [3.05, 3.63) is 69.7 Å². The molecule has 0 saturated carbocycles. The fourth-order valence-corrected chi connectivity index (χ4v) is 4.12. The van der Waals surface area contributed by atoms with Crippen LogP contribution in [0.2, 0.25) is 10.0 Å². The number of carbonyl (C=O) groups is 1. The van der Waals surface area contributed by atoms with Gasteiger partial charge < -0.3 is 15.4 Å². The summed E-state index contributed by atoms with van der Waals surface area (Å²) in [5.74, 6) is 0. The van der Waals surface area contributed by atoms with Crippen molar-refractivity contribution < 1.29 is 9.53 Å². The number of halogens is 2. The van der Waals surface area contributed by atoms with Crippen molar-refractivity contribution in [1.82, 2.24) is 10.6 Å². The highest BCUT2D eigenvalue weighted by Crippen LogP contribution is 2.34. The maximum Gasteiger partial charge on any atom is 0.315 e. The molecule has 0 radical (unpaired) electrons. The summed E-state index contributed by atoms with van der Waals surface area (Å²) in [6.45, 7) is 3.87. The van der Waals surface area contributed by atoms with Crippen LogP contribution in [0.4, 0.5) is 4.79 Å². The first-order valence-electron chi connectivity index (χ1n) is 9.13. The Hall–Kier alpha value is -1.75. The monoisotopic (exact) mass is 406 g/mol. The van der Waals surface area contributed by atoms with Crippen LogP contribution < -0.4 is 10.6 Å². The van der Waals surface area contributed by atoms with Gasteiger partial charge in [0.05, 0.1) is 6.04 Å². The number of hydrogen-bond donors (Lipinski definition) is 2. The number of benzene rings is 2. The first-order chi connectivity index (χ1) is 13.0. The molecule has 6 heteroatoms. The Kier molecular flexibility index (Phi) is 6.64. The molecule has 1 atom stereocenters. The van der Waals surface area contributed by atoms with E-state index in [2.05, 4.69) is 22.8 Å². The maximum atomic E-state index is 12.5. The molecule has 1 aliphatic heterocycles. The molecule has 0 aromatic heterocycles. The Bertz CT molecular complexity index is 777. The van der Waals surface area contributed by atoms with Crippen LogP contribution in [0, 0.1) is 0 Å².